The number of hydrogen-bond donors (Lipinski definition) is 14. The second kappa shape index (κ2) is 39.3. The van der Waals surface area contributed by atoms with Crippen LogP contribution in [0.1, 0.15) is 130 Å². The molecule has 0 saturated heterocycles. The van der Waals surface area contributed by atoms with Gasteiger partial charge in [-0.25, -0.2) is 4.79 Å². The molecule has 5 rings (SSSR count). The van der Waals surface area contributed by atoms with Crippen molar-refractivity contribution in [1.29, 1.82) is 0 Å². The van der Waals surface area contributed by atoms with Crippen molar-refractivity contribution in [2.24, 2.45) is 28.7 Å². The van der Waals surface area contributed by atoms with Crippen LogP contribution in [0.15, 0.2) is 103 Å². The van der Waals surface area contributed by atoms with Gasteiger partial charge in [0.2, 0.25) is 29.5 Å². The van der Waals surface area contributed by atoms with Gasteiger partial charge in [0.1, 0.15) is 47.2 Å². The smallest absolute Gasteiger partial charge is 0.341 e. The van der Waals surface area contributed by atoms with E-state index < -0.39 is 84.0 Å². The molecule has 9 amide bonds. The van der Waals surface area contributed by atoms with Crippen LogP contribution in [0.4, 0.5) is 22.7 Å². The quantitative estimate of drug-likeness (QED) is 0.0245. The second-order valence-electron chi connectivity index (χ2n) is 21.8. The number of anilines is 4. The molecule has 5 aromatic rings. The first kappa shape index (κ1) is 74.6. The Labute approximate surface area is 545 Å². The van der Waals surface area contributed by atoms with Crippen molar-refractivity contribution < 1.29 is 72.0 Å². The molecule has 0 aliphatic rings. The number of carboxylic acids is 1. The number of ether oxygens (including phenoxy) is 4. The van der Waals surface area contributed by atoms with Gasteiger partial charge in [0.15, 0.2) is 6.61 Å². The summed E-state index contributed by atoms with van der Waals surface area (Å²) >= 11 is 0. The lowest BCUT2D eigenvalue weighted by molar-refractivity contribution is -0.139. The molecule has 0 saturated carbocycles. The van der Waals surface area contributed by atoms with Crippen molar-refractivity contribution >= 4 is 81.9 Å². The topological polar surface area (TPSA) is 454 Å². The third-order valence-corrected chi connectivity index (χ3v) is 14.8. The van der Waals surface area contributed by atoms with Crippen LogP contribution in [0.3, 0.4) is 0 Å². The van der Waals surface area contributed by atoms with Crippen LogP contribution in [-0.4, -0.2) is 143 Å². The van der Waals surface area contributed by atoms with Gasteiger partial charge < -0.3 is 95.3 Å². The zero-order valence-electron chi connectivity index (χ0n) is 53.1. The number of hydrogen-bond acceptors (Lipinski definition) is 18. The van der Waals surface area contributed by atoms with Crippen LogP contribution in [0, 0.1) is 0 Å². The fourth-order valence-electron chi connectivity index (χ4n) is 9.83. The fourth-order valence-corrected chi connectivity index (χ4v) is 9.83. The van der Waals surface area contributed by atoms with Gasteiger partial charge >= 0.3 is 5.97 Å². The lowest BCUT2D eigenvalue weighted by Gasteiger charge is -2.22. The maximum Gasteiger partial charge on any atom is 0.341 e. The summed E-state index contributed by atoms with van der Waals surface area (Å²) in [4.78, 5) is 136. The number of benzene rings is 5. The molecule has 0 unspecified atom stereocenters. The number of methoxy groups -OCH3 is 3. The highest BCUT2D eigenvalue weighted by Crippen LogP contribution is 2.29. The average Bonchev–Trinajstić information content (AvgIpc) is 0.853. The predicted molar refractivity (Wildman–Crippen MR) is 354 cm³/mol. The lowest BCUT2D eigenvalue weighted by atomic mass is 10.0. The number of nitrogens with two attached hydrogens (primary N) is 5. The van der Waals surface area contributed by atoms with Gasteiger partial charge in [-0.05, 0) is 175 Å². The second-order valence-corrected chi connectivity index (χ2v) is 21.8. The zero-order valence-corrected chi connectivity index (χ0v) is 53.1. The van der Waals surface area contributed by atoms with Crippen LogP contribution < -0.4 is 90.2 Å². The van der Waals surface area contributed by atoms with E-state index in [1.54, 1.807) is 12.1 Å². The lowest BCUT2D eigenvalue weighted by Crippen LogP contribution is -2.45. The highest BCUT2D eigenvalue weighted by molar-refractivity contribution is 6.08. The summed E-state index contributed by atoms with van der Waals surface area (Å²) in [5, 5.41) is 31.5. The van der Waals surface area contributed by atoms with E-state index in [1.807, 2.05) is 18.2 Å². The largest absolute Gasteiger partial charge is 0.496 e. The molecule has 506 valence electrons. The van der Waals surface area contributed by atoms with E-state index >= 15 is 0 Å². The van der Waals surface area contributed by atoms with Gasteiger partial charge in [-0.2, -0.15) is 0 Å². The highest BCUT2D eigenvalue weighted by atomic mass is 16.5. The van der Waals surface area contributed by atoms with Crippen LogP contribution in [0.2, 0.25) is 0 Å². The number of amides is 9. The van der Waals surface area contributed by atoms with Crippen molar-refractivity contribution in [3.05, 3.63) is 131 Å². The first-order valence-electron chi connectivity index (χ1n) is 30.9. The number of primary amides is 1. The molecule has 0 radical (unpaired) electrons. The Morgan fingerprint density at radius 2 is 0.723 bits per heavy atom. The number of carboxylic acid groups (broad SMARTS) is 1. The molecule has 0 spiro atoms. The third kappa shape index (κ3) is 23.8. The third-order valence-electron chi connectivity index (χ3n) is 14.8. The number of carbonyl (C=O) groups excluding carboxylic acids is 9. The Morgan fingerprint density at radius 1 is 0.404 bits per heavy atom. The summed E-state index contributed by atoms with van der Waals surface area (Å²) in [6.45, 7) is 0.467. The Hall–Kier alpha value is -10.2. The van der Waals surface area contributed by atoms with Crippen LogP contribution in [-0.2, 0) is 35.2 Å². The van der Waals surface area contributed by atoms with Crippen LogP contribution in [0.25, 0.3) is 0 Å². The number of unbranched alkanes of at least 4 members (excludes halogenated alkanes) is 5. The Balaban J connectivity index is 1.36. The molecule has 28 nitrogen and oxygen atoms in total. The highest BCUT2D eigenvalue weighted by Gasteiger charge is 2.30. The molecular weight excluding hydrogens is 1210 g/mol. The Kier molecular flexibility index (Phi) is 31.2. The molecular formula is C66H87N13O15. The first-order valence-corrected chi connectivity index (χ1v) is 30.9. The molecule has 28 heteroatoms. The standard InChI is InChI=1S/C66H87N13O15/c1-91-53-26-22-41(35-45(53)59(71)83)72-64(88)50(18-8-5-12-30-67)79-62(86)48-38-44(25-29-56(48)94-39-58(81)82)75-66(90)52(21-11-15-33-70)78-61(85)47-37-43(24-28-55(47)93-3)74-65(89)51(20-10-14-32-69)77-60(84)46-36-42(23-27-54(46)92-2)73-63(87)49(19-9-13-31-68)76-57(80)34-40-16-6-4-7-17-40/h4,6-7,16-17,22-29,35-38,49-52H,5,8-15,18-21,30-34,39,67-70H2,1-3H3,(H2,71,83)(H,72,88)(H,73,87)(H,74,89)(H,75,90)(H,76,80)(H,77,84)(H,78,85)(H,79,86)(H,81,82)/t49-,50-,51-,52-/m0/s1. The van der Waals surface area contributed by atoms with Crippen molar-refractivity contribution in [2.45, 2.75) is 114 Å². The van der Waals surface area contributed by atoms with E-state index in [-0.39, 0.29) is 106 Å². The molecule has 4 atom stereocenters. The summed E-state index contributed by atoms with van der Waals surface area (Å²) in [6.07, 6.45) is 5.22. The molecule has 0 aromatic heterocycles. The van der Waals surface area contributed by atoms with Crippen molar-refractivity contribution in [1.82, 2.24) is 21.3 Å². The van der Waals surface area contributed by atoms with Crippen LogP contribution in [0.5, 0.6) is 23.0 Å². The number of rotatable bonds is 41. The molecule has 0 aliphatic carbocycles. The maximum atomic E-state index is 14.4. The van der Waals surface area contributed by atoms with Gasteiger partial charge in [-0.3, -0.25) is 43.2 Å². The van der Waals surface area contributed by atoms with E-state index in [0.717, 1.165) is 5.56 Å². The molecule has 5 aromatic carbocycles. The molecule has 0 heterocycles. The maximum absolute atomic E-state index is 14.4. The molecule has 19 N–H and O–H groups in total. The summed E-state index contributed by atoms with van der Waals surface area (Å²) in [6, 6.07) is 21.1. The Morgan fingerprint density at radius 3 is 1.07 bits per heavy atom. The van der Waals surface area contributed by atoms with E-state index in [2.05, 4.69) is 42.5 Å². The van der Waals surface area contributed by atoms with Crippen LogP contribution >= 0.6 is 0 Å². The van der Waals surface area contributed by atoms with E-state index in [1.165, 1.54) is 94.1 Å². The summed E-state index contributed by atoms with van der Waals surface area (Å²) in [7, 11) is 4.01. The minimum Gasteiger partial charge on any atom is -0.496 e. The monoisotopic (exact) mass is 1300 g/mol. The molecule has 0 bridgehead atoms. The van der Waals surface area contributed by atoms with Crippen molar-refractivity contribution in [2.75, 3.05) is 75.4 Å². The predicted octanol–water partition coefficient (Wildman–Crippen LogP) is 4.06. The summed E-state index contributed by atoms with van der Waals surface area (Å²) < 4.78 is 21.8. The molecule has 0 aliphatic heterocycles. The Bertz CT molecular complexity index is 3410. The summed E-state index contributed by atoms with van der Waals surface area (Å²) in [5.74, 6) is -7.50. The number of nitrogens with one attached hydrogen (secondary N) is 8. The van der Waals surface area contributed by atoms with Gasteiger partial charge in [0.25, 0.3) is 23.6 Å². The average molecular weight is 1300 g/mol. The zero-order chi connectivity index (χ0) is 68.5. The summed E-state index contributed by atoms with van der Waals surface area (Å²) in [5.41, 5.74) is 29.4. The molecule has 0 fully saturated rings. The van der Waals surface area contributed by atoms with E-state index in [9.17, 15) is 53.1 Å². The molecule has 94 heavy (non-hydrogen) atoms. The minimum atomic E-state index is -1.36. The van der Waals surface area contributed by atoms with Gasteiger partial charge in [0.05, 0.1) is 50.0 Å². The van der Waals surface area contributed by atoms with Crippen molar-refractivity contribution in [3.63, 3.8) is 0 Å². The van der Waals surface area contributed by atoms with Gasteiger partial charge in [-0.15, -0.1) is 0 Å². The van der Waals surface area contributed by atoms with Crippen molar-refractivity contribution in [3.8, 4) is 23.0 Å². The van der Waals surface area contributed by atoms with E-state index in [0.29, 0.717) is 83.8 Å². The van der Waals surface area contributed by atoms with Gasteiger partial charge in [-0.1, -0.05) is 43.2 Å². The fraction of sp³-hybridized carbons (Fsp3) is 0.394. The minimum absolute atomic E-state index is 0.00485. The normalized spacial score (nSPS) is 12.1. The first-order chi connectivity index (χ1) is 45.2. The number of aliphatic carboxylic acids is 1. The van der Waals surface area contributed by atoms with Gasteiger partial charge in [0, 0.05) is 22.7 Å². The van der Waals surface area contributed by atoms with E-state index in [4.69, 9.17) is 47.6 Å². The number of carbonyl (C=O) groups is 10. The SMILES string of the molecule is COc1ccc(NC(=O)[C@H](CCCCCN)NC(=O)c2cc(NC(=O)[C@H](CCCCN)NC(=O)c3cc(NC(=O)[C@H](CCCCN)NC(=O)c4cc(NC(=O)[C@H](CCCCN)NC(=O)Cc5ccccc5)ccc4OC)ccc3OC)ccc2OCC(=O)O)cc1C(N)=O.